The van der Waals surface area contributed by atoms with Crippen LogP contribution in [-0.2, 0) is 9.59 Å². The molecule has 4 aromatic carbocycles. The first-order chi connectivity index (χ1) is 33.5. The van der Waals surface area contributed by atoms with Gasteiger partial charge in [0.05, 0.1) is 22.8 Å². The summed E-state index contributed by atoms with van der Waals surface area (Å²) in [6, 6.07) is 30.2. The minimum Gasteiger partial charge on any atom is -0.432 e. The maximum Gasteiger partial charge on any atom is 0.308 e. The second-order valence-electron chi connectivity index (χ2n) is 15.6. The zero-order valence-electron chi connectivity index (χ0n) is 38.3. The van der Waals surface area contributed by atoms with Gasteiger partial charge in [0.25, 0.3) is 11.1 Å². The van der Waals surface area contributed by atoms with Gasteiger partial charge in [0.1, 0.15) is 6.26 Å². The summed E-state index contributed by atoms with van der Waals surface area (Å²) < 4.78 is 6.69. The number of amides is 2. The molecule has 0 aliphatic rings. The number of anilines is 6. The van der Waals surface area contributed by atoms with Crippen LogP contribution in [0.5, 0.6) is 0 Å². The molecule has 2 amide bonds. The van der Waals surface area contributed by atoms with E-state index in [1.54, 1.807) is 34.6 Å². The number of pyridine rings is 2. The standard InChI is InChI=1S/C28H24N6O3.C25H23N5O2/c1-4-24(35)33(5-2)22-8-6-7-21(16-22)31-27-30-17-20-15-19(9-10-23(20)32-27)25-18(3)11-13-34(26(25)36)28-29-12-14-37-28;1-4-22(31)30(5-2)20-8-6-7-19(14-20)28-25-27-15-18-13-17(9-10-21(18)29-25)23-16(3)11-12-26-24(23)32/h4,6-17H,1,5H2,2-3H3,(H,30,31,32);4,6-15H,1,5H2,2-3H3,(H,26,32)(H,27,28,29). The molecule has 0 fully saturated rings. The number of hydrogen-bond acceptors (Lipinski definition) is 12. The Morgan fingerprint density at radius 3 is 1.72 bits per heavy atom. The highest BCUT2D eigenvalue weighted by Crippen LogP contribution is 2.28. The van der Waals surface area contributed by atoms with Crippen molar-refractivity contribution in [2.45, 2.75) is 27.7 Å². The van der Waals surface area contributed by atoms with Gasteiger partial charge in [-0.2, -0.15) is 0 Å². The molecule has 0 bridgehead atoms. The third-order valence-electron chi connectivity index (χ3n) is 11.2. The summed E-state index contributed by atoms with van der Waals surface area (Å²) in [7, 11) is 0. The molecule has 0 unspecified atom stereocenters. The first-order valence-electron chi connectivity index (χ1n) is 21.9. The molecule has 0 radical (unpaired) electrons. The lowest BCUT2D eigenvalue weighted by Gasteiger charge is -2.20. The number of likely N-dealkylation sites (N-methyl/N-ethyl adjacent to an activating group) is 2. The predicted molar refractivity (Wildman–Crippen MR) is 272 cm³/mol. The highest BCUT2D eigenvalue weighted by atomic mass is 16.4. The van der Waals surface area contributed by atoms with Gasteiger partial charge in [0.2, 0.25) is 23.7 Å². The van der Waals surface area contributed by atoms with Crippen LogP contribution in [0.25, 0.3) is 50.1 Å². The van der Waals surface area contributed by atoms with Crippen molar-refractivity contribution < 1.29 is 14.0 Å². The number of nitrogens with one attached hydrogen (secondary N) is 3. The van der Waals surface area contributed by atoms with Gasteiger partial charge in [-0.05, 0) is 135 Å². The van der Waals surface area contributed by atoms with Gasteiger partial charge in [-0.25, -0.2) is 29.5 Å². The van der Waals surface area contributed by atoms with Crippen molar-refractivity contribution in [3.05, 3.63) is 191 Å². The molecule has 9 rings (SSSR count). The van der Waals surface area contributed by atoms with Crippen LogP contribution in [0.2, 0.25) is 0 Å². The first kappa shape index (κ1) is 46.2. The highest BCUT2D eigenvalue weighted by molar-refractivity contribution is 6.02. The molecule has 0 spiro atoms. The number of carbonyl (C=O) groups is 2. The van der Waals surface area contributed by atoms with Crippen LogP contribution < -0.4 is 31.6 Å². The summed E-state index contributed by atoms with van der Waals surface area (Å²) in [4.78, 5) is 77.9. The monoisotopic (exact) mass is 917 g/mol. The van der Waals surface area contributed by atoms with Crippen molar-refractivity contribution in [2.24, 2.45) is 0 Å². The van der Waals surface area contributed by atoms with Crippen molar-refractivity contribution >= 4 is 68.3 Å². The van der Waals surface area contributed by atoms with Crippen LogP contribution in [0.1, 0.15) is 25.0 Å². The molecule has 5 heterocycles. The molecule has 344 valence electrons. The van der Waals surface area contributed by atoms with E-state index < -0.39 is 0 Å². The number of hydrogen-bond donors (Lipinski definition) is 3. The topological polar surface area (TPSA) is 197 Å². The van der Waals surface area contributed by atoms with E-state index >= 15 is 0 Å². The third kappa shape index (κ3) is 10.1. The number of benzene rings is 4. The van der Waals surface area contributed by atoms with E-state index in [0.29, 0.717) is 36.1 Å². The van der Waals surface area contributed by atoms with E-state index in [1.165, 1.54) is 29.2 Å². The van der Waals surface area contributed by atoms with Gasteiger partial charge in [-0.15, -0.1) is 0 Å². The highest BCUT2D eigenvalue weighted by Gasteiger charge is 2.16. The Balaban J connectivity index is 0.000000188. The van der Waals surface area contributed by atoms with Crippen LogP contribution in [0.4, 0.5) is 34.6 Å². The molecule has 5 aromatic heterocycles. The minimum absolute atomic E-state index is 0.125. The van der Waals surface area contributed by atoms with E-state index in [-0.39, 0.29) is 28.9 Å². The number of H-pyrrole nitrogens is 1. The second-order valence-corrected chi connectivity index (χ2v) is 15.6. The van der Waals surface area contributed by atoms with Crippen LogP contribution >= 0.6 is 0 Å². The van der Waals surface area contributed by atoms with Crippen molar-refractivity contribution in [1.82, 2.24) is 34.5 Å². The zero-order chi connectivity index (χ0) is 48.6. The summed E-state index contributed by atoms with van der Waals surface area (Å²) in [6.45, 7) is 15.8. The number of oxazole rings is 1. The smallest absolute Gasteiger partial charge is 0.308 e. The van der Waals surface area contributed by atoms with Crippen LogP contribution in [0.15, 0.2) is 174 Å². The molecule has 0 saturated carbocycles. The van der Waals surface area contributed by atoms with E-state index in [0.717, 1.165) is 66.8 Å². The Bertz CT molecular complexity index is 3510. The Morgan fingerprint density at radius 2 is 1.23 bits per heavy atom. The lowest BCUT2D eigenvalue weighted by Crippen LogP contribution is -2.28. The molecule has 16 nitrogen and oxygen atoms in total. The van der Waals surface area contributed by atoms with Crippen LogP contribution in [0.3, 0.4) is 0 Å². The lowest BCUT2D eigenvalue weighted by molar-refractivity contribution is -0.114. The van der Waals surface area contributed by atoms with Crippen LogP contribution in [-0.4, -0.2) is 59.4 Å². The Labute approximate surface area is 396 Å². The van der Waals surface area contributed by atoms with E-state index in [4.69, 9.17) is 4.42 Å². The van der Waals surface area contributed by atoms with Crippen molar-refractivity contribution in [2.75, 3.05) is 33.5 Å². The fourth-order valence-corrected chi connectivity index (χ4v) is 7.81. The average Bonchev–Trinajstić information content (AvgIpc) is 3.90. The summed E-state index contributed by atoms with van der Waals surface area (Å²) in [5, 5.41) is 8.02. The Kier molecular flexibility index (Phi) is 13.7. The number of fused-ring (bicyclic) bond motifs is 2. The molecular weight excluding hydrogens is 871 g/mol. The van der Waals surface area contributed by atoms with E-state index in [1.807, 2.05) is 125 Å². The summed E-state index contributed by atoms with van der Waals surface area (Å²) in [5.74, 6) is 0.528. The number of nitrogens with zero attached hydrogens (tertiary/aromatic N) is 8. The van der Waals surface area contributed by atoms with Gasteiger partial charge >= 0.3 is 6.01 Å². The fraction of sp³-hybridized carbons (Fsp3) is 0.113. The summed E-state index contributed by atoms with van der Waals surface area (Å²) in [6.07, 6.45) is 12.3. The maximum absolute atomic E-state index is 13.2. The molecule has 0 atom stereocenters. The molecular formula is C53H47N11O5. The number of rotatable bonds is 13. The van der Waals surface area contributed by atoms with Crippen LogP contribution in [0, 0.1) is 13.8 Å². The molecule has 16 heteroatoms. The third-order valence-corrected chi connectivity index (χ3v) is 11.2. The van der Waals surface area contributed by atoms with E-state index in [9.17, 15) is 19.2 Å². The van der Waals surface area contributed by atoms with Gasteiger partial charge in [0.15, 0.2) is 0 Å². The summed E-state index contributed by atoms with van der Waals surface area (Å²) in [5.41, 5.74) is 8.64. The first-order valence-corrected chi connectivity index (χ1v) is 21.9. The van der Waals surface area contributed by atoms with E-state index in [2.05, 4.69) is 53.7 Å². The molecule has 0 saturated heterocycles. The second kappa shape index (κ2) is 20.5. The van der Waals surface area contributed by atoms with Gasteiger partial charge in [-0.1, -0.05) is 37.4 Å². The van der Waals surface area contributed by atoms with Crippen molar-refractivity contribution in [3.8, 4) is 28.3 Å². The zero-order valence-corrected chi connectivity index (χ0v) is 38.3. The van der Waals surface area contributed by atoms with Crippen molar-refractivity contribution in [3.63, 3.8) is 0 Å². The normalized spacial score (nSPS) is 10.8. The van der Waals surface area contributed by atoms with Crippen molar-refractivity contribution in [1.29, 1.82) is 0 Å². The quantitative estimate of drug-likeness (QED) is 0.0928. The molecule has 0 aliphatic heterocycles. The van der Waals surface area contributed by atoms with Gasteiger partial charge < -0.3 is 29.8 Å². The van der Waals surface area contributed by atoms with Gasteiger partial charge in [-0.3, -0.25) is 19.2 Å². The molecule has 69 heavy (non-hydrogen) atoms. The Morgan fingerprint density at radius 1 is 0.696 bits per heavy atom. The van der Waals surface area contributed by atoms with Gasteiger partial charge in [0, 0.05) is 77.0 Å². The fourth-order valence-electron chi connectivity index (χ4n) is 7.81. The SMILES string of the molecule is C=CC(=O)N(CC)c1cccc(Nc2ncc3cc(-c4c(C)cc[nH]c4=O)ccc3n2)c1.C=CC(=O)N(CC)c1cccc(Nc2ncc3cc(-c4c(C)ccn(-c5ncco5)c4=O)ccc3n2)c1. The average molecular weight is 918 g/mol. The summed E-state index contributed by atoms with van der Waals surface area (Å²) >= 11 is 0. The number of aromatic nitrogens is 7. The molecule has 9 aromatic rings. The number of carbonyl (C=O) groups excluding carboxylic acids is 2. The predicted octanol–water partition coefficient (Wildman–Crippen LogP) is 9.60. The number of aryl methyl sites for hydroxylation is 2. The maximum atomic E-state index is 13.2. The molecule has 0 aliphatic carbocycles. The lowest BCUT2D eigenvalue weighted by atomic mass is 10.0. The molecule has 3 N–H and O–H groups in total. The number of aromatic amines is 1. The largest absolute Gasteiger partial charge is 0.432 e. The Hall–Kier alpha value is -9.31. The minimum atomic E-state index is -0.225.